The van der Waals surface area contributed by atoms with Crippen LogP contribution in [0.2, 0.25) is 0 Å². The second-order valence-electron chi connectivity index (χ2n) is 7.32. The number of hydrogen-bond acceptors (Lipinski definition) is 12. The van der Waals surface area contributed by atoms with Gasteiger partial charge in [-0.1, -0.05) is 0 Å². The summed E-state index contributed by atoms with van der Waals surface area (Å²) in [6.45, 7) is 0.405. The summed E-state index contributed by atoms with van der Waals surface area (Å²) in [6, 6.07) is 5.96. The number of hydrogen-bond donors (Lipinski definition) is 4. The van der Waals surface area contributed by atoms with Gasteiger partial charge in [0.15, 0.2) is 24.8 Å². The van der Waals surface area contributed by atoms with Crippen molar-refractivity contribution in [3.63, 3.8) is 0 Å². The van der Waals surface area contributed by atoms with Gasteiger partial charge in [0.2, 0.25) is 0 Å². The van der Waals surface area contributed by atoms with Crippen LogP contribution in [0, 0.1) is 0 Å². The average molecular weight is 458 g/mol. The highest BCUT2D eigenvalue weighted by atomic mass is 16.7. The lowest BCUT2D eigenvalue weighted by atomic mass is 10.0. The smallest absolute Gasteiger partial charge is 0.338 e. The third-order valence-corrected chi connectivity index (χ3v) is 5.01. The van der Waals surface area contributed by atoms with Gasteiger partial charge >= 0.3 is 11.9 Å². The van der Waals surface area contributed by atoms with Gasteiger partial charge in [-0.05, 0) is 24.3 Å². The molecule has 0 aliphatic carbocycles. The van der Waals surface area contributed by atoms with E-state index in [0.29, 0.717) is 5.75 Å². The monoisotopic (exact) mass is 458 g/mol. The molecule has 0 saturated carbocycles. The molecule has 32 heavy (non-hydrogen) atoms. The SMILES string of the molecule is COc1ccc(C(=O)O[C@H]2[C@H](O[C@@H]3[C@@H](OC(C)=O)[C@H](O)OC[C@@H]3O)OC[C@@H](O)[C@@H]2O)cc1. The molecule has 2 saturated heterocycles. The van der Waals surface area contributed by atoms with Crippen LogP contribution in [0.5, 0.6) is 5.75 Å². The van der Waals surface area contributed by atoms with Crippen molar-refractivity contribution in [3.8, 4) is 5.75 Å². The Bertz CT molecular complexity index is 783. The van der Waals surface area contributed by atoms with Crippen LogP contribution >= 0.6 is 0 Å². The van der Waals surface area contributed by atoms with Crippen LogP contribution in [0.1, 0.15) is 17.3 Å². The lowest BCUT2D eigenvalue weighted by molar-refractivity contribution is -0.329. The first-order valence-electron chi connectivity index (χ1n) is 9.84. The van der Waals surface area contributed by atoms with Crippen LogP contribution in [0.4, 0.5) is 0 Å². The molecule has 0 unspecified atom stereocenters. The van der Waals surface area contributed by atoms with E-state index in [2.05, 4.69) is 0 Å². The number of aliphatic hydroxyl groups excluding tert-OH is 4. The van der Waals surface area contributed by atoms with Crippen LogP contribution in [0.25, 0.3) is 0 Å². The first-order chi connectivity index (χ1) is 15.2. The second kappa shape index (κ2) is 10.5. The van der Waals surface area contributed by atoms with E-state index in [4.69, 9.17) is 28.4 Å². The van der Waals surface area contributed by atoms with Crippen molar-refractivity contribution in [1.29, 1.82) is 0 Å². The van der Waals surface area contributed by atoms with Crippen LogP contribution in [0.15, 0.2) is 24.3 Å². The topological polar surface area (TPSA) is 170 Å². The molecule has 178 valence electrons. The Morgan fingerprint density at radius 1 is 0.906 bits per heavy atom. The van der Waals surface area contributed by atoms with E-state index in [0.717, 1.165) is 6.92 Å². The number of ether oxygens (including phenoxy) is 6. The van der Waals surface area contributed by atoms with E-state index in [9.17, 15) is 30.0 Å². The van der Waals surface area contributed by atoms with Gasteiger partial charge in [-0.25, -0.2) is 4.79 Å². The molecule has 0 amide bonds. The van der Waals surface area contributed by atoms with Crippen molar-refractivity contribution in [2.45, 2.75) is 56.1 Å². The van der Waals surface area contributed by atoms with E-state index in [1.165, 1.54) is 31.4 Å². The maximum Gasteiger partial charge on any atom is 0.338 e. The first-order valence-corrected chi connectivity index (χ1v) is 9.84. The van der Waals surface area contributed by atoms with Crippen molar-refractivity contribution in [1.82, 2.24) is 0 Å². The van der Waals surface area contributed by atoms with Gasteiger partial charge in [0.05, 0.1) is 25.9 Å². The number of aliphatic hydroxyl groups is 4. The van der Waals surface area contributed by atoms with Gasteiger partial charge in [0.1, 0.15) is 30.2 Å². The number of carbonyl (C=O) groups excluding carboxylic acids is 2. The maximum atomic E-state index is 12.6. The highest BCUT2D eigenvalue weighted by molar-refractivity contribution is 5.89. The van der Waals surface area contributed by atoms with E-state index in [-0.39, 0.29) is 18.8 Å². The molecule has 0 aromatic heterocycles. The minimum absolute atomic E-state index is 0.135. The van der Waals surface area contributed by atoms with Gasteiger partial charge in [-0.2, -0.15) is 0 Å². The van der Waals surface area contributed by atoms with Gasteiger partial charge in [0, 0.05) is 6.92 Å². The number of carbonyl (C=O) groups is 2. The van der Waals surface area contributed by atoms with Crippen LogP contribution in [0.3, 0.4) is 0 Å². The van der Waals surface area contributed by atoms with E-state index >= 15 is 0 Å². The summed E-state index contributed by atoms with van der Waals surface area (Å²) in [5.74, 6) is -1.09. The highest BCUT2D eigenvalue weighted by Gasteiger charge is 2.49. The summed E-state index contributed by atoms with van der Waals surface area (Å²) in [5, 5.41) is 40.7. The van der Waals surface area contributed by atoms with E-state index in [1.54, 1.807) is 0 Å². The van der Waals surface area contributed by atoms with Gasteiger partial charge < -0.3 is 48.8 Å². The largest absolute Gasteiger partial charge is 0.497 e. The molecule has 2 heterocycles. The van der Waals surface area contributed by atoms with Crippen molar-refractivity contribution in [2.24, 2.45) is 0 Å². The molecule has 8 atom stereocenters. The molecule has 0 bridgehead atoms. The van der Waals surface area contributed by atoms with Crippen LogP contribution < -0.4 is 4.74 Å². The molecule has 12 nitrogen and oxygen atoms in total. The summed E-state index contributed by atoms with van der Waals surface area (Å²) in [5.41, 5.74) is 0.135. The summed E-state index contributed by atoms with van der Waals surface area (Å²) in [7, 11) is 1.47. The molecule has 12 heteroatoms. The first kappa shape index (κ1) is 24.3. The van der Waals surface area contributed by atoms with Gasteiger partial charge in [0.25, 0.3) is 0 Å². The fourth-order valence-electron chi connectivity index (χ4n) is 3.34. The highest BCUT2D eigenvalue weighted by Crippen LogP contribution is 2.27. The van der Waals surface area contributed by atoms with Crippen molar-refractivity contribution in [3.05, 3.63) is 29.8 Å². The van der Waals surface area contributed by atoms with Gasteiger partial charge in [-0.15, -0.1) is 0 Å². The molecule has 4 N–H and O–H groups in total. The summed E-state index contributed by atoms with van der Waals surface area (Å²) in [4.78, 5) is 24.0. The third-order valence-electron chi connectivity index (χ3n) is 5.01. The fourth-order valence-corrected chi connectivity index (χ4v) is 3.34. The summed E-state index contributed by atoms with van der Waals surface area (Å²) >= 11 is 0. The van der Waals surface area contributed by atoms with Crippen molar-refractivity contribution >= 4 is 11.9 Å². The van der Waals surface area contributed by atoms with Gasteiger partial charge in [-0.3, -0.25) is 4.79 Å². The number of methoxy groups -OCH3 is 1. The molecule has 0 radical (unpaired) electrons. The minimum atomic E-state index is -1.59. The Hall–Kier alpha value is -2.32. The maximum absolute atomic E-state index is 12.6. The Balaban J connectivity index is 1.78. The van der Waals surface area contributed by atoms with Crippen LogP contribution in [-0.4, -0.2) is 102 Å². The summed E-state index contributed by atoms with van der Waals surface area (Å²) in [6.07, 6.45) is -11.6. The predicted molar refractivity (Wildman–Crippen MR) is 102 cm³/mol. The zero-order valence-corrected chi connectivity index (χ0v) is 17.4. The second-order valence-corrected chi connectivity index (χ2v) is 7.32. The molecule has 2 aliphatic rings. The lowest BCUT2D eigenvalue weighted by Gasteiger charge is -2.43. The number of esters is 2. The third kappa shape index (κ3) is 5.53. The normalized spacial score (nSPS) is 35.1. The molecule has 3 rings (SSSR count). The zero-order chi connectivity index (χ0) is 23.4. The Morgan fingerprint density at radius 2 is 1.56 bits per heavy atom. The molecular weight excluding hydrogens is 432 g/mol. The zero-order valence-electron chi connectivity index (χ0n) is 17.4. The molecule has 1 aromatic rings. The number of benzene rings is 1. The Morgan fingerprint density at radius 3 is 2.19 bits per heavy atom. The molecule has 1 aromatic carbocycles. The predicted octanol–water partition coefficient (Wildman–Crippen LogP) is -1.67. The van der Waals surface area contributed by atoms with Crippen LogP contribution in [-0.2, 0) is 28.5 Å². The standard InChI is InChI=1S/C20H26O12/c1-9(21)30-17-15(13(23)8-28-19(17)26)32-20-16(14(24)12(22)7-29-20)31-18(25)10-3-5-11(27-2)6-4-10/h3-6,12-17,19-20,22-24,26H,7-8H2,1-2H3/t12-,13+,14+,15+,16-,17-,19-,20+/m1/s1. The Labute approximate surface area is 183 Å². The van der Waals surface area contributed by atoms with Crippen molar-refractivity contribution in [2.75, 3.05) is 20.3 Å². The minimum Gasteiger partial charge on any atom is -0.497 e. The average Bonchev–Trinajstić information content (AvgIpc) is 2.77. The molecule has 2 fully saturated rings. The fraction of sp³-hybridized carbons (Fsp3) is 0.600. The van der Waals surface area contributed by atoms with Crippen molar-refractivity contribution < 1.29 is 58.4 Å². The number of rotatable bonds is 6. The van der Waals surface area contributed by atoms with E-state index < -0.39 is 61.1 Å². The molecular formula is C20H26O12. The summed E-state index contributed by atoms with van der Waals surface area (Å²) < 4.78 is 31.4. The Kier molecular flexibility index (Phi) is 8.00. The quantitative estimate of drug-likeness (QED) is 0.358. The van der Waals surface area contributed by atoms with E-state index in [1.807, 2.05) is 0 Å². The molecule has 2 aliphatic heterocycles. The molecule has 0 spiro atoms. The lowest BCUT2D eigenvalue weighted by Crippen LogP contribution is -2.61.